The van der Waals surface area contributed by atoms with Crippen LogP contribution in [0.5, 0.6) is 0 Å². The Bertz CT molecular complexity index is 683. The van der Waals surface area contributed by atoms with Crippen LogP contribution in [0, 0.1) is 5.92 Å². The highest BCUT2D eigenvalue weighted by Crippen LogP contribution is 2.30. The molecule has 1 aliphatic carbocycles. The van der Waals surface area contributed by atoms with Gasteiger partial charge in [0.05, 0.1) is 5.25 Å². The number of carbonyl (C=O) groups is 1. The Morgan fingerprint density at radius 2 is 1.92 bits per heavy atom. The van der Waals surface area contributed by atoms with E-state index in [1.165, 1.54) is 31.0 Å². The van der Waals surface area contributed by atoms with Gasteiger partial charge in [-0.2, -0.15) is 0 Å². The number of pyridine rings is 1. The van der Waals surface area contributed by atoms with Crippen LogP contribution in [0.2, 0.25) is 0 Å². The highest BCUT2D eigenvalue weighted by Gasteiger charge is 2.28. The van der Waals surface area contributed by atoms with Crippen LogP contribution in [0.1, 0.15) is 46.0 Å². The van der Waals surface area contributed by atoms with Gasteiger partial charge in [0.15, 0.2) is 0 Å². The molecule has 2 heterocycles. The maximum atomic E-state index is 12.7. The van der Waals surface area contributed by atoms with Gasteiger partial charge < -0.3 is 9.73 Å². The first kappa shape index (κ1) is 17.9. The van der Waals surface area contributed by atoms with Crippen molar-refractivity contribution >= 4 is 17.7 Å². The molecule has 3 rings (SSSR count). The highest BCUT2D eigenvalue weighted by molar-refractivity contribution is 8.00. The topological polar surface area (TPSA) is 80.9 Å². The molecule has 0 saturated heterocycles. The van der Waals surface area contributed by atoms with E-state index in [4.69, 9.17) is 4.42 Å². The second kappa shape index (κ2) is 8.47. The van der Waals surface area contributed by atoms with Crippen LogP contribution in [0.3, 0.4) is 0 Å². The molecule has 1 saturated carbocycles. The van der Waals surface area contributed by atoms with Crippen molar-refractivity contribution in [2.45, 2.75) is 62.5 Å². The highest BCUT2D eigenvalue weighted by atomic mass is 32.2. The number of hydrogen-bond acceptors (Lipinski definition) is 6. The van der Waals surface area contributed by atoms with Crippen molar-refractivity contribution in [1.82, 2.24) is 20.5 Å². The predicted octanol–water partition coefficient (Wildman–Crippen LogP) is 3.70. The zero-order valence-corrected chi connectivity index (χ0v) is 15.5. The number of hydrogen-bond donors (Lipinski definition) is 1. The summed E-state index contributed by atoms with van der Waals surface area (Å²) in [6.07, 6.45) is 9.19. The minimum Gasteiger partial charge on any atom is -0.411 e. The van der Waals surface area contributed by atoms with Crippen molar-refractivity contribution in [3.05, 3.63) is 24.5 Å². The van der Waals surface area contributed by atoms with Crippen LogP contribution in [0.15, 0.2) is 34.2 Å². The van der Waals surface area contributed by atoms with Gasteiger partial charge in [0.1, 0.15) is 0 Å². The molecule has 134 valence electrons. The molecule has 1 atom stereocenters. The van der Waals surface area contributed by atoms with Crippen LogP contribution in [0.4, 0.5) is 0 Å². The van der Waals surface area contributed by atoms with E-state index in [2.05, 4.69) is 20.5 Å². The van der Waals surface area contributed by atoms with E-state index >= 15 is 0 Å². The summed E-state index contributed by atoms with van der Waals surface area (Å²) in [4.78, 5) is 16.7. The molecule has 0 radical (unpaired) electrons. The number of amides is 1. The summed E-state index contributed by atoms with van der Waals surface area (Å²) in [6, 6.07) is 3.94. The molecule has 2 aromatic heterocycles. The van der Waals surface area contributed by atoms with E-state index in [-0.39, 0.29) is 17.1 Å². The Morgan fingerprint density at radius 1 is 1.20 bits per heavy atom. The van der Waals surface area contributed by atoms with Gasteiger partial charge in [0.2, 0.25) is 11.8 Å². The molecular weight excluding hydrogens is 336 g/mol. The maximum absolute atomic E-state index is 12.7. The molecule has 0 aromatic carbocycles. The minimum atomic E-state index is -0.243. The minimum absolute atomic E-state index is 0.0653. The molecule has 2 aromatic rings. The monoisotopic (exact) mass is 360 g/mol. The summed E-state index contributed by atoms with van der Waals surface area (Å²) >= 11 is 1.34. The summed E-state index contributed by atoms with van der Waals surface area (Å²) in [5, 5.41) is 11.5. The number of carbonyl (C=O) groups excluding carboxylic acids is 1. The predicted molar refractivity (Wildman–Crippen MR) is 97.0 cm³/mol. The molecule has 1 aliphatic rings. The Hall–Kier alpha value is -1.89. The summed E-state index contributed by atoms with van der Waals surface area (Å²) in [5.74, 6) is 0.681. The number of nitrogens with zero attached hydrogens (tertiary/aromatic N) is 3. The lowest BCUT2D eigenvalue weighted by Crippen LogP contribution is -2.42. The number of aromatic nitrogens is 3. The van der Waals surface area contributed by atoms with E-state index in [0.29, 0.717) is 17.2 Å². The smallest absolute Gasteiger partial charge is 0.277 e. The third-order valence-electron chi connectivity index (χ3n) is 4.38. The Labute approximate surface area is 152 Å². The van der Waals surface area contributed by atoms with E-state index in [1.807, 2.05) is 26.0 Å². The molecule has 1 amide bonds. The lowest BCUT2D eigenvalue weighted by molar-refractivity contribution is -0.122. The maximum Gasteiger partial charge on any atom is 0.277 e. The molecule has 25 heavy (non-hydrogen) atoms. The molecule has 1 fully saturated rings. The van der Waals surface area contributed by atoms with Gasteiger partial charge in [-0.3, -0.25) is 9.78 Å². The van der Waals surface area contributed by atoms with Crippen molar-refractivity contribution in [2.75, 3.05) is 0 Å². The lowest BCUT2D eigenvalue weighted by atomic mass is 9.95. The number of thioether (sulfide) groups is 1. The Morgan fingerprint density at radius 3 is 2.60 bits per heavy atom. The average Bonchev–Trinajstić information content (AvgIpc) is 3.10. The quantitative estimate of drug-likeness (QED) is 0.791. The zero-order valence-electron chi connectivity index (χ0n) is 14.6. The van der Waals surface area contributed by atoms with Crippen molar-refractivity contribution in [2.24, 2.45) is 5.92 Å². The molecular formula is C18H24N4O2S. The first-order valence-electron chi connectivity index (χ1n) is 8.84. The summed E-state index contributed by atoms with van der Waals surface area (Å²) in [6.45, 7) is 4.08. The van der Waals surface area contributed by atoms with Gasteiger partial charge in [0, 0.05) is 24.0 Å². The van der Waals surface area contributed by atoms with Gasteiger partial charge in [-0.25, -0.2) is 0 Å². The van der Waals surface area contributed by atoms with E-state index in [0.717, 1.165) is 18.4 Å². The summed E-state index contributed by atoms with van der Waals surface area (Å²) in [7, 11) is 0. The molecule has 0 spiro atoms. The Balaban J connectivity index is 1.65. The van der Waals surface area contributed by atoms with Gasteiger partial charge in [-0.15, -0.1) is 10.2 Å². The summed E-state index contributed by atoms with van der Waals surface area (Å²) in [5.41, 5.74) is 0.821. The van der Waals surface area contributed by atoms with Crippen LogP contribution >= 0.6 is 11.8 Å². The lowest BCUT2D eigenvalue weighted by Gasteiger charge is -2.26. The zero-order chi connectivity index (χ0) is 17.6. The molecule has 1 unspecified atom stereocenters. The van der Waals surface area contributed by atoms with Crippen LogP contribution < -0.4 is 5.32 Å². The van der Waals surface area contributed by atoms with Crippen LogP contribution in [-0.4, -0.2) is 32.4 Å². The molecule has 0 bridgehead atoms. The fourth-order valence-electron chi connectivity index (χ4n) is 3.00. The second-order valence-electron chi connectivity index (χ2n) is 6.74. The number of nitrogens with one attached hydrogen (secondary N) is 1. The SMILES string of the molecule is CC(C)C(Sc1nnc(-c2ccncc2)o1)C(=O)NC1CCCCC1. The third kappa shape index (κ3) is 4.81. The van der Waals surface area contributed by atoms with Gasteiger partial charge in [0.25, 0.3) is 5.22 Å². The largest absolute Gasteiger partial charge is 0.411 e. The normalized spacial score (nSPS) is 16.8. The second-order valence-corrected chi connectivity index (χ2v) is 7.83. The molecule has 0 aliphatic heterocycles. The van der Waals surface area contributed by atoms with Gasteiger partial charge >= 0.3 is 0 Å². The van der Waals surface area contributed by atoms with Crippen molar-refractivity contribution in [3.63, 3.8) is 0 Å². The summed E-state index contributed by atoms with van der Waals surface area (Å²) < 4.78 is 5.72. The first-order chi connectivity index (χ1) is 12.1. The molecule has 6 nitrogen and oxygen atoms in total. The van der Waals surface area contributed by atoms with Crippen LogP contribution in [0.25, 0.3) is 11.5 Å². The van der Waals surface area contributed by atoms with Crippen molar-refractivity contribution in [3.8, 4) is 11.5 Å². The van der Waals surface area contributed by atoms with E-state index < -0.39 is 0 Å². The van der Waals surface area contributed by atoms with Crippen LogP contribution in [-0.2, 0) is 4.79 Å². The average molecular weight is 360 g/mol. The fourth-order valence-corrected chi connectivity index (χ4v) is 3.88. The van der Waals surface area contributed by atoms with Gasteiger partial charge in [-0.05, 0) is 30.9 Å². The van der Waals surface area contributed by atoms with Gasteiger partial charge in [-0.1, -0.05) is 44.9 Å². The molecule has 7 heteroatoms. The van der Waals surface area contributed by atoms with Crippen molar-refractivity contribution < 1.29 is 9.21 Å². The third-order valence-corrected chi connectivity index (χ3v) is 5.76. The Kier molecular flexibility index (Phi) is 6.07. The standard InChI is InChI=1S/C18H24N4O2S/c1-12(2)15(16(23)20-14-6-4-3-5-7-14)25-18-22-21-17(24-18)13-8-10-19-11-9-13/h8-12,14-15H,3-7H2,1-2H3,(H,20,23). The molecule has 1 N–H and O–H groups in total. The fraction of sp³-hybridized carbons (Fsp3) is 0.556. The first-order valence-corrected chi connectivity index (χ1v) is 9.72. The number of rotatable bonds is 6. The van der Waals surface area contributed by atoms with Crippen molar-refractivity contribution in [1.29, 1.82) is 0 Å². The van der Waals surface area contributed by atoms with E-state index in [9.17, 15) is 4.79 Å². The van der Waals surface area contributed by atoms with E-state index in [1.54, 1.807) is 12.4 Å².